The summed E-state index contributed by atoms with van der Waals surface area (Å²) < 4.78 is 5.55. The first-order valence-electron chi connectivity index (χ1n) is 11.6. The quantitative estimate of drug-likeness (QED) is 0.543. The number of nitrogens with one attached hydrogen (secondary N) is 1. The van der Waals surface area contributed by atoms with Crippen molar-refractivity contribution in [1.29, 1.82) is 0 Å². The zero-order chi connectivity index (χ0) is 24.1. The molecule has 3 atom stereocenters. The molecule has 1 aliphatic carbocycles. The van der Waals surface area contributed by atoms with Crippen molar-refractivity contribution in [3.8, 4) is 11.1 Å². The Morgan fingerprint density at radius 2 is 1.74 bits per heavy atom. The van der Waals surface area contributed by atoms with Crippen molar-refractivity contribution in [2.24, 2.45) is 5.92 Å². The number of aliphatic carboxylic acids is 1. The summed E-state index contributed by atoms with van der Waals surface area (Å²) in [5, 5.41) is 12.3. The maximum atomic E-state index is 13.1. The van der Waals surface area contributed by atoms with Gasteiger partial charge in [0.2, 0.25) is 0 Å². The number of anilines is 1. The number of thiazole rings is 1. The molecule has 2 fully saturated rings. The van der Waals surface area contributed by atoms with Crippen LogP contribution in [0.4, 0.5) is 9.93 Å². The minimum absolute atomic E-state index is 0.0468. The predicted molar refractivity (Wildman–Crippen MR) is 130 cm³/mol. The second-order valence-electron chi connectivity index (χ2n) is 9.17. The second-order valence-corrected chi connectivity index (χ2v) is 10.2. The molecule has 3 aliphatic rings. The number of rotatable bonds is 5. The molecule has 35 heavy (non-hydrogen) atoms. The van der Waals surface area contributed by atoms with Crippen molar-refractivity contribution < 1.29 is 24.2 Å². The van der Waals surface area contributed by atoms with Gasteiger partial charge in [0.05, 0.1) is 12.1 Å². The van der Waals surface area contributed by atoms with Crippen LogP contribution in [-0.4, -0.2) is 51.7 Å². The van der Waals surface area contributed by atoms with E-state index in [9.17, 15) is 19.5 Å². The van der Waals surface area contributed by atoms with E-state index in [-0.39, 0.29) is 35.6 Å². The van der Waals surface area contributed by atoms with Gasteiger partial charge in [-0.3, -0.25) is 14.9 Å². The number of carboxylic acid groups (broad SMARTS) is 1. The molecule has 2 saturated heterocycles. The van der Waals surface area contributed by atoms with Crippen LogP contribution in [0.5, 0.6) is 0 Å². The number of benzene rings is 2. The van der Waals surface area contributed by atoms with Gasteiger partial charge in [-0.15, -0.1) is 0 Å². The number of carbonyl (C=O) groups is 3. The van der Waals surface area contributed by atoms with Crippen LogP contribution in [0.15, 0.2) is 54.7 Å². The lowest BCUT2D eigenvalue weighted by atomic mass is 9.89. The van der Waals surface area contributed by atoms with E-state index >= 15 is 0 Å². The molecule has 1 aromatic heterocycles. The standard InChI is InChI=1S/C26H23N3O5S/c30-23(29-14-9-10-21(29)19(11-14)24(31)32)22-12-27-25(35-22)28-26(33)34-13-20-17-7-3-1-5-15(17)16-6-2-4-8-18(16)20/h1-8,12,14,19-21H,9-11,13H2,(H,31,32)(H,27,28,33)/t14-,19+,21+/m0/s1. The van der Waals surface area contributed by atoms with E-state index in [0.717, 1.165) is 40.0 Å². The topological polar surface area (TPSA) is 109 Å². The average Bonchev–Trinajstić information content (AvgIpc) is 3.64. The van der Waals surface area contributed by atoms with Gasteiger partial charge in [-0.05, 0) is 41.5 Å². The maximum absolute atomic E-state index is 13.1. The van der Waals surface area contributed by atoms with Crippen molar-refractivity contribution in [1.82, 2.24) is 9.88 Å². The SMILES string of the molecule is O=C(Nc1ncc(C(=O)N2[C@H]3CC[C@@H]2[C@H](C(=O)O)C3)s1)OCC1c2ccccc2-c2ccccc21. The molecule has 3 aromatic rings. The summed E-state index contributed by atoms with van der Waals surface area (Å²) in [4.78, 5) is 43.3. The predicted octanol–water partition coefficient (Wildman–Crippen LogP) is 4.58. The van der Waals surface area contributed by atoms with Crippen molar-refractivity contribution >= 4 is 34.4 Å². The highest BCUT2D eigenvalue weighted by Gasteiger charge is 2.51. The van der Waals surface area contributed by atoms with Crippen LogP contribution in [0.25, 0.3) is 11.1 Å². The third kappa shape index (κ3) is 3.67. The van der Waals surface area contributed by atoms with E-state index in [1.807, 2.05) is 24.3 Å². The molecule has 2 bridgehead atoms. The van der Waals surface area contributed by atoms with E-state index in [2.05, 4.69) is 34.6 Å². The van der Waals surface area contributed by atoms with Crippen LogP contribution in [-0.2, 0) is 9.53 Å². The van der Waals surface area contributed by atoms with Gasteiger partial charge in [0.15, 0.2) is 5.13 Å². The number of nitrogens with zero attached hydrogens (tertiary/aromatic N) is 2. The fraction of sp³-hybridized carbons (Fsp3) is 0.308. The number of amides is 2. The van der Waals surface area contributed by atoms with Crippen LogP contribution in [0, 0.1) is 5.92 Å². The molecule has 8 nitrogen and oxygen atoms in total. The smallest absolute Gasteiger partial charge is 0.413 e. The minimum atomic E-state index is -0.850. The zero-order valence-electron chi connectivity index (χ0n) is 18.7. The summed E-state index contributed by atoms with van der Waals surface area (Å²) in [6.07, 6.45) is 2.82. The Kier molecular flexibility index (Phi) is 5.29. The Morgan fingerprint density at radius 1 is 1.06 bits per heavy atom. The molecule has 2 aliphatic heterocycles. The lowest BCUT2D eigenvalue weighted by Crippen LogP contribution is -2.37. The van der Waals surface area contributed by atoms with Gasteiger partial charge in [-0.25, -0.2) is 9.78 Å². The van der Waals surface area contributed by atoms with E-state index in [1.165, 1.54) is 6.20 Å². The molecule has 6 rings (SSSR count). The monoisotopic (exact) mass is 489 g/mol. The number of hydrogen-bond acceptors (Lipinski definition) is 6. The fourth-order valence-corrected chi connectivity index (χ4v) is 6.60. The summed E-state index contributed by atoms with van der Waals surface area (Å²) >= 11 is 1.07. The molecule has 0 radical (unpaired) electrons. The minimum Gasteiger partial charge on any atom is -0.481 e. The number of carbonyl (C=O) groups excluding carboxylic acids is 2. The molecular weight excluding hydrogens is 466 g/mol. The first-order valence-corrected chi connectivity index (χ1v) is 12.5. The highest BCUT2D eigenvalue weighted by Crippen LogP contribution is 2.45. The number of carboxylic acids is 1. The lowest BCUT2D eigenvalue weighted by Gasteiger charge is -2.22. The van der Waals surface area contributed by atoms with Gasteiger partial charge in [0.1, 0.15) is 11.5 Å². The molecule has 0 spiro atoms. The van der Waals surface area contributed by atoms with E-state index in [1.54, 1.807) is 4.90 Å². The summed E-state index contributed by atoms with van der Waals surface area (Å²) in [6, 6.07) is 15.9. The zero-order valence-corrected chi connectivity index (χ0v) is 19.5. The molecule has 178 valence electrons. The van der Waals surface area contributed by atoms with Crippen molar-refractivity contribution in [3.63, 3.8) is 0 Å². The normalized spacial score (nSPS) is 22.1. The molecule has 2 aromatic carbocycles. The first kappa shape index (κ1) is 21.8. The summed E-state index contributed by atoms with van der Waals surface area (Å²) in [6.45, 7) is 0.185. The third-order valence-electron chi connectivity index (χ3n) is 7.36. The van der Waals surface area contributed by atoms with Crippen LogP contribution in [0.3, 0.4) is 0 Å². The number of fused-ring (bicyclic) bond motifs is 5. The van der Waals surface area contributed by atoms with E-state index < -0.39 is 18.0 Å². The Hall–Kier alpha value is -3.72. The molecule has 9 heteroatoms. The van der Waals surface area contributed by atoms with Crippen LogP contribution < -0.4 is 5.32 Å². The van der Waals surface area contributed by atoms with Crippen molar-refractivity contribution in [3.05, 3.63) is 70.7 Å². The summed E-state index contributed by atoms with van der Waals surface area (Å²) in [5.74, 6) is -1.63. The van der Waals surface area contributed by atoms with Gasteiger partial charge in [0.25, 0.3) is 5.91 Å². The van der Waals surface area contributed by atoms with Gasteiger partial charge < -0.3 is 14.7 Å². The third-order valence-corrected chi connectivity index (χ3v) is 8.26. The highest BCUT2D eigenvalue weighted by atomic mass is 32.1. The van der Waals surface area contributed by atoms with Crippen molar-refractivity contribution in [2.75, 3.05) is 11.9 Å². The largest absolute Gasteiger partial charge is 0.481 e. The first-order chi connectivity index (χ1) is 17.0. The molecule has 2 amide bonds. The van der Waals surface area contributed by atoms with Crippen molar-refractivity contribution in [2.45, 2.75) is 37.3 Å². The Bertz CT molecular complexity index is 1290. The molecule has 0 saturated carbocycles. The average molecular weight is 490 g/mol. The van der Waals surface area contributed by atoms with Gasteiger partial charge in [-0.1, -0.05) is 59.9 Å². The molecule has 0 unspecified atom stereocenters. The Balaban J connectivity index is 1.10. The van der Waals surface area contributed by atoms with Gasteiger partial charge in [0, 0.05) is 18.0 Å². The van der Waals surface area contributed by atoms with Crippen LogP contribution in [0.2, 0.25) is 0 Å². The maximum Gasteiger partial charge on any atom is 0.413 e. The van der Waals surface area contributed by atoms with Gasteiger partial charge in [-0.2, -0.15) is 0 Å². The van der Waals surface area contributed by atoms with Crippen LogP contribution in [0.1, 0.15) is 46.0 Å². The van der Waals surface area contributed by atoms with Gasteiger partial charge >= 0.3 is 12.1 Å². The molecule has 2 N–H and O–H groups in total. The second kappa shape index (κ2) is 8.49. The Morgan fingerprint density at radius 3 is 2.40 bits per heavy atom. The number of hydrogen-bond donors (Lipinski definition) is 2. The number of aromatic nitrogens is 1. The number of ether oxygens (including phenoxy) is 1. The van der Waals surface area contributed by atoms with E-state index in [0.29, 0.717) is 17.7 Å². The van der Waals surface area contributed by atoms with Crippen LogP contribution >= 0.6 is 11.3 Å². The lowest BCUT2D eigenvalue weighted by molar-refractivity contribution is -0.142. The fourth-order valence-electron chi connectivity index (χ4n) is 5.85. The summed E-state index contributed by atoms with van der Waals surface area (Å²) in [7, 11) is 0. The Labute approximate surface area is 205 Å². The summed E-state index contributed by atoms with van der Waals surface area (Å²) in [5.41, 5.74) is 4.56. The molecule has 3 heterocycles. The van der Waals surface area contributed by atoms with E-state index in [4.69, 9.17) is 4.74 Å². The molecular formula is C26H23N3O5S. The highest BCUT2D eigenvalue weighted by molar-refractivity contribution is 7.17.